The van der Waals surface area contributed by atoms with Crippen LogP contribution in [0, 0.1) is 0 Å². The van der Waals surface area contributed by atoms with Crippen LogP contribution in [0.5, 0.6) is 0 Å². The van der Waals surface area contributed by atoms with Gasteiger partial charge in [0.2, 0.25) is 0 Å². The number of rotatable bonds is 2. The Morgan fingerprint density at radius 2 is 1.43 bits per heavy atom. The van der Waals surface area contributed by atoms with Gasteiger partial charge in [0, 0.05) is 16.3 Å². The minimum absolute atomic E-state index is 0.451. The molecule has 0 radical (unpaired) electrons. The van der Waals surface area contributed by atoms with Gasteiger partial charge in [0.15, 0.2) is 5.58 Å². The Labute approximate surface area is 174 Å². The largest absolute Gasteiger partial charge is 0.451 e. The van der Waals surface area contributed by atoms with E-state index < -0.39 is 0 Å². The van der Waals surface area contributed by atoms with E-state index in [1.807, 2.05) is 12.1 Å². The van der Waals surface area contributed by atoms with Gasteiger partial charge < -0.3 is 4.42 Å². The molecule has 0 amide bonds. The number of nitrogens with zero attached hydrogens (tertiary/aromatic N) is 2. The van der Waals surface area contributed by atoms with Gasteiger partial charge in [-0.1, -0.05) is 80.6 Å². The molecule has 2 aromatic heterocycles. The molecule has 30 heavy (non-hydrogen) atoms. The zero-order chi connectivity index (χ0) is 20.2. The van der Waals surface area contributed by atoms with Crippen molar-refractivity contribution in [3.63, 3.8) is 0 Å². The fraction of sp³-hybridized carbons (Fsp3) is 0.111. The Balaban J connectivity index is 1.72. The van der Waals surface area contributed by atoms with Crippen molar-refractivity contribution < 1.29 is 4.42 Å². The summed E-state index contributed by atoms with van der Waals surface area (Å²) < 4.78 is 6.45. The summed E-state index contributed by atoms with van der Waals surface area (Å²) in [6.07, 6.45) is 1.65. The molecule has 3 heteroatoms. The molecule has 0 unspecified atom stereocenters. The Kier molecular flexibility index (Phi) is 3.66. The van der Waals surface area contributed by atoms with Gasteiger partial charge in [0.1, 0.15) is 23.1 Å². The molecule has 0 N–H and O–H groups in total. The van der Waals surface area contributed by atoms with E-state index in [0.717, 1.165) is 44.1 Å². The molecule has 4 aromatic carbocycles. The van der Waals surface area contributed by atoms with Crippen molar-refractivity contribution in [3.8, 4) is 11.3 Å². The second-order valence-electron chi connectivity index (χ2n) is 8.07. The molecule has 0 spiro atoms. The van der Waals surface area contributed by atoms with E-state index in [1.165, 1.54) is 16.3 Å². The smallest absolute Gasteiger partial charge is 0.180 e. The lowest BCUT2D eigenvalue weighted by atomic mass is 9.92. The summed E-state index contributed by atoms with van der Waals surface area (Å²) in [6, 6.07) is 25.4. The van der Waals surface area contributed by atoms with Crippen LogP contribution < -0.4 is 0 Å². The van der Waals surface area contributed by atoms with Gasteiger partial charge in [-0.15, -0.1) is 0 Å². The standard InChI is InChI=1S/C27H20N2O/c1-16(2)18-13-14-22(21-10-6-5-9-20(18)21)24-27-25(29-15-28-24)23-12-11-17-7-3-4-8-19(17)26(23)30-27/h3-16H,1-2H3. The van der Waals surface area contributed by atoms with Gasteiger partial charge in [0.25, 0.3) is 0 Å². The van der Waals surface area contributed by atoms with Gasteiger partial charge in [-0.2, -0.15) is 0 Å². The Morgan fingerprint density at radius 1 is 0.667 bits per heavy atom. The van der Waals surface area contributed by atoms with Crippen LogP contribution in [0.3, 0.4) is 0 Å². The number of furan rings is 1. The van der Waals surface area contributed by atoms with Crippen molar-refractivity contribution >= 4 is 43.6 Å². The second-order valence-corrected chi connectivity index (χ2v) is 8.07. The molecule has 0 aliphatic carbocycles. The van der Waals surface area contributed by atoms with Crippen molar-refractivity contribution in [2.45, 2.75) is 19.8 Å². The van der Waals surface area contributed by atoms with E-state index in [4.69, 9.17) is 4.42 Å². The first-order valence-corrected chi connectivity index (χ1v) is 10.3. The van der Waals surface area contributed by atoms with Gasteiger partial charge in [0.05, 0.1) is 0 Å². The third-order valence-corrected chi connectivity index (χ3v) is 5.98. The summed E-state index contributed by atoms with van der Waals surface area (Å²) in [7, 11) is 0. The SMILES string of the molecule is CC(C)c1ccc(-c2ncnc3c2oc2c4ccccc4ccc32)c2ccccc12. The number of hydrogen-bond donors (Lipinski definition) is 0. The minimum Gasteiger partial charge on any atom is -0.451 e. The number of fused-ring (bicyclic) bond motifs is 6. The van der Waals surface area contributed by atoms with Gasteiger partial charge in [-0.05, 0) is 33.7 Å². The van der Waals surface area contributed by atoms with E-state index >= 15 is 0 Å². The minimum atomic E-state index is 0.451. The highest BCUT2D eigenvalue weighted by atomic mass is 16.3. The summed E-state index contributed by atoms with van der Waals surface area (Å²) >= 11 is 0. The van der Waals surface area contributed by atoms with E-state index in [-0.39, 0.29) is 0 Å². The summed E-state index contributed by atoms with van der Waals surface area (Å²) in [5.74, 6) is 0.451. The van der Waals surface area contributed by atoms with Crippen LogP contribution in [0.25, 0.3) is 54.9 Å². The highest BCUT2D eigenvalue weighted by Gasteiger charge is 2.18. The molecule has 0 bridgehead atoms. The van der Waals surface area contributed by atoms with Gasteiger partial charge >= 0.3 is 0 Å². The molecule has 0 saturated heterocycles. The van der Waals surface area contributed by atoms with Crippen molar-refractivity contribution in [3.05, 3.63) is 84.7 Å². The maximum absolute atomic E-state index is 6.45. The number of hydrogen-bond acceptors (Lipinski definition) is 3. The zero-order valence-electron chi connectivity index (χ0n) is 16.9. The van der Waals surface area contributed by atoms with E-state index in [9.17, 15) is 0 Å². The van der Waals surface area contributed by atoms with Crippen molar-refractivity contribution in [1.82, 2.24) is 9.97 Å². The van der Waals surface area contributed by atoms with Gasteiger partial charge in [-0.25, -0.2) is 9.97 Å². The molecule has 6 rings (SSSR count). The van der Waals surface area contributed by atoms with Crippen molar-refractivity contribution in [2.24, 2.45) is 0 Å². The molecule has 0 saturated carbocycles. The predicted molar refractivity (Wildman–Crippen MR) is 124 cm³/mol. The molecule has 6 aromatic rings. The maximum Gasteiger partial charge on any atom is 0.180 e. The summed E-state index contributed by atoms with van der Waals surface area (Å²) in [5.41, 5.74) is 5.73. The quantitative estimate of drug-likeness (QED) is 0.309. The second kappa shape index (κ2) is 6.39. The van der Waals surface area contributed by atoms with Crippen molar-refractivity contribution in [2.75, 3.05) is 0 Å². The zero-order valence-corrected chi connectivity index (χ0v) is 16.9. The monoisotopic (exact) mass is 388 g/mol. The predicted octanol–water partition coefficient (Wildman–Crippen LogP) is 7.47. The third-order valence-electron chi connectivity index (χ3n) is 5.98. The van der Waals surface area contributed by atoms with E-state index in [1.54, 1.807) is 6.33 Å². The van der Waals surface area contributed by atoms with E-state index in [0.29, 0.717) is 5.92 Å². The average molecular weight is 388 g/mol. The molecular weight excluding hydrogens is 368 g/mol. The molecule has 0 aliphatic rings. The van der Waals surface area contributed by atoms with Crippen LogP contribution in [0.1, 0.15) is 25.3 Å². The lowest BCUT2D eigenvalue weighted by Gasteiger charge is -2.13. The Bertz CT molecular complexity index is 1580. The van der Waals surface area contributed by atoms with Crippen LogP contribution >= 0.6 is 0 Å². The maximum atomic E-state index is 6.45. The molecule has 0 atom stereocenters. The Morgan fingerprint density at radius 3 is 2.27 bits per heavy atom. The molecule has 2 heterocycles. The Hall–Kier alpha value is -3.72. The summed E-state index contributed by atoms with van der Waals surface area (Å²) in [5, 5.41) is 5.73. The highest BCUT2D eigenvalue weighted by molar-refractivity contribution is 6.16. The van der Waals surface area contributed by atoms with Crippen LogP contribution in [0.4, 0.5) is 0 Å². The molecule has 144 valence electrons. The fourth-order valence-corrected chi connectivity index (χ4v) is 4.53. The normalized spacial score (nSPS) is 12.0. The topological polar surface area (TPSA) is 38.9 Å². The lowest BCUT2D eigenvalue weighted by molar-refractivity contribution is 0.671. The average Bonchev–Trinajstić information content (AvgIpc) is 3.18. The lowest BCUT2D eigenvalue weighted by Crippen LogP contribution is -1.93. The summed E-state index contributed by atoms with van der Waals surface area (Å²) in [4.78, 5) is 9.26. The number of aromatic nitrogens is 2. The third kappa shape index (κ3) is 2.38. The van der Waals surface area contributed by atoms with Crippen LogP contribution in [0.15, 0.2) is 83.5 Å². The molecule has 3 nitrogen and oxygen atoms in total. The number of benzene rings is 4. The molecule has 0 aliphatic heterocycles. The van der Waals surface area contributed by atoms with Crippen LogP contribution in [0.2, 0.25) is 0 Å². The first-order chi connectivity index (χ1) is 14.7. The van der Waals surface area contributed by atoms with Gasteiger partial charge in [-0.3, -0.25) is 0 Å². The van der Waals surface area contributed by atoms with Crippen molar-refractivity contribution in [1.29, 1.82) is 0 Å². The highest BCUT2D eigenvalue weighted by Crippen LogP contribution is 2.39. The fourth-order valence-electron chi connectivity index (χ4n) is 4.53. The molecule has 0 fully saturated rings. The first kappa shape index (κ1) is 17.2. The van der Waals surface area contributed by atoms with Crippen LogP contribution in [-0.2, 0) is 0 Å². The molecular formula is C27H20N2O. The van der Waals surface area contributed by atoms with E-state index in [2.05, 4.69) is 84.5 Å². The summed E-state index contributed by atoms with van der Waals surface area (Å²) in [6.45, 7) is 4.46. The van der Waals surface area contributed by atoms with Crippen LogP contribution in [-0.4, -0.2) is 9.97 Å². The first-order valence-electron chi connectivity index (χ1n) is 10.3.